The fourth-order valence-electron chi connectivity index (χ4n) is 2.90. The number of anilines is 1. The molecule has 0 bridgehead atoms. The molecular weight excluding hydrogens is 290 g/mol. The van der Waals surface area contributed by atoms with Crippen LogP contribution in [0.3, 0.4) is 0 Å². The molecular formula is C17H23N5O. The van der Waals surface area contributed by atoms with Crippen molar-refractivity contribution in [3.63, 3.8) is 0 Å². The average Bonchev–Trinajstić information content (AvgIpc) is 2.76. The molecule has 0 aromatic carbocycles. The van der Waals surface area contributed by atoms with Crippen molar-refractivity contribution < 1.29 is 4.74 Å². The van der Waals surface area contributed by atoms with Crippen LogP contribution in [0.2, 0.25) is 0 Å². The first kappa shape index (κ1) is 15.7. The molecule has 3 heterocycles. The van der Waals surface area contributed by atoms with E-state index in [1.54, 1.807) is 12.5 Å². The third kappa shape index (κ3) is 3.59. The second-order valence-corrected chi connectivity index (χ2v) is 6.02. The molecule has 1 aliphatic heterocycles. The molecule has 0 amide bonds. The minimum atomic E-state index is 0.191. The Morgan fingerprint density at radius 3 is 2.91 bits per heavy atom. The molecule has 2 aromatic heterocycles. The van der Waals surface area contributed by atoms with Gasteiger partial charge in [-0.25, -0.2) is 9.97 Å². The highest BCUT2D eigenvalue weighted by atomic mass is 16.5. The van der Waals surface area contributed by atoms with Gasteiger partial charge in [-0.2, -0.15) is 0 Å². The summed E-state index contributed by atoms with van der Waals surface area (Å²) in [6, 6.07) is 3.94. The number of nitrogens with zero attached hydrogens (tertiary/aromatic N) is 4. The fraction of sp³-hybridized carbons (Fsp3) is 0.471. The Morgan fingerprint density at radius 2 is 2.09 bits per heavy atom. The summed E-state index contributed by atoms with van der Waals surface area (Å²) in [5.41, 5.74) is 7.94. The zero-order valence-corrected chi connectivity index (χ0v) is 13.7. The second kappa shape index (κ2) is 6.91. The largest absolute Gasteiger partial charge is 0.437 e. The molecule has 1 aliphatic rings. The summed E-state index contributed by atoms with van der Waals surface area (Å²) in [5.74, 6) is 2.20. The van der Waals surface area contributed by atoms with Crippen LogP contribution in [0.5, 0.6) is 11.6 Å². The normalized spacial score (nSPS) is 18.6. The third-order valence-corrected chi connectivity index (χ3v) is 4.18. The van der Waals surface area contributed by atoms with Crippen molar-refractivity contribution in [3.05, 3.63) is 35.9 Å². The number of hydrogen-bond acceptors (Lipinski definition) is 6. The first-order chi connectivity index (χ1) is 11.1. The van der Waals surface area contributed by atoms with Gasteiger partial charge in [0.15, 0.2) is 5.75 Å². The maximum atomic E-state index is 6.17. The van der Waals surface area contributed by atoms with Gasteiger partial charge >= 0.3 is 0 Å². The lowest BCUT2D eigenvalue weighted by Crippen LogP contribution is -2.36. The minimum absolute atomic E-state index is 0.191. The van der Waals surface area contributed by atoms with Crippen LogP contribution in [0, 0.1) is 13.8 Å². The molecule has 1 atom stereocenters. The molecule has 2 aromatic rings. The van der Waals surface area contributed by atoms with E-state index >= 15 is 0 Å². The van der Waals surface area contributed by atoms with Crippen molar-refractivity contribution in [2.45, 2.75) is 39.2 Å². The van der Waals surface area contributed by atoms with Crippen LogP contribution in [-0.2, 0) is 0 Å². The molecule has 0 saturated carbocycles. The molecule has 0 radical (unpaired) electrons. The molecule has 1 saturated heterocycles. The van der Waals surface area contributed by atoms with Gasteiger partial charge in [-0.15, -0.1) is 0 Å². The van der Waals surface area contributed by atoms with Crippen molar-refractivity contribution in [1.82, 2.24) is 15.0 Å². The Kier molecular flexibility index (Phi) is 4.71. The van der Waals surface area contributed by atoms with E-state index in [2.05, 4.69) is 19.9 Å². The molecule has 0 aliphatic carbocycles. The lowest BCUT2D eigenvalue weighted by Gasteiger charge is -2.25. The number of aromatic nitrogens is 3. The smallest absolute Gasteiger partial charge is 0.227 e. The van der Waals surface area contributed by atoms with E-state index in [4.69, 9.17) is 10.5 Å². The summed E-state index contributed by atoms with van der Waals surface area (Å²) in [4.78, 5) is 15.3. The summed E-state index contributed by atoms with van der Waals surface area (Å²) < 4.78 is 5.96. The van der Waals surface area contributed by atoms with Gasteiger partial charge < -0.3 is 15.4 Å². The summed E-state index contributed by atoms with van der Waals surface area (Å²) >= 11 is 0. The summed E-state index contributed by atoms with van der Waals surface area (Å²) in [7, 11) is 0. The predicted octanol–water partition coefficient (Wildman–Crippen LogP) is 2.60. The first-order valence-corrected chi connectivity index (χ1v) is 8.06. The van der Waals surface area contributed by atoms with Gasteiger partial charge in [-0.1, -0.05) is 6.42 Å². The quantitative estimate of drug-likeness (QED) is 0.938. The van der Waals surface area contributed by atoms with Crippen LogP contribution in [0.4, 0.5) is 5.82 Å². The zero-order chi connectivity index (χ0) is 16.2. The molecule has 1 fully saturated rings. The van der Waals surface area contributed by atoms with E-state index in [1.165, 1.54) is 6.42 Å². The van der Waals surface area contributed by atoms with Gasteiger partial charge in [0.05, 0.1) is 11.3 Å². The second-order valence-electron chi connectivity index (χ2n) is 6.02. The Labute approximate surface area is 136 Å². The fourth-order valence-corrected chi connectivity index (χ4v) is 2.90. The van der Waals surface area contributed by atoms with E-state index in [-0.39, 0.29) is 6.04 Å². The van der Waals surface area contributed by atoms with Crippen molar-refractivity contribution >= 4 is 5.82 Å². The first-order valence-electron chi connectivity index (χ1n) is 8.06. The predicted molar refractivity (Wildman–Crippen MR) is 89.9 cm³/mol. The third-order valence-electron chi connectivity index (χ3n) is 4.18. The number of pyridine rings is 1. The van der Waals surface area contributed by atoms with Crippen LogP contribution in [-0.4, -0.2) is 34.1 Å². The van der Waals surface area contributed by atoms with Gasteiger partial charge in [0.25, 0.3) is 0 Å². The number of aryl methyl sites for hydroxylation is 1. The van der Waals surface area contributed by atoms with Crippen molar-refractivity contribution in [1.29, 1.82) is 0 Å². The van der Waals surface area contributed by atoms with Crippen LogP contribution in [0.15, 0.2) is 24.7 Å². The number of nitrogens with two attached hydrogens (primary N) is 1. The Bertz CT molecular complexity index is 676. The molecule has 0 spiro atoms. The molecule has 122 valence electrons. The number of rotatable bonds is 3. The number of hydrogen-bond donors (Lipinski definition) is 1. The summed E-state index contributed by atoms with van der Waals surface area (Å²) in [6.45, 7) is 5.70. The van der Waals surface area contributed by atoms with E-state index in [1.807, 2.05) is 26.0 Å². The maximum absolute atomic E-state index is 6.17. The standard InChI is InChI=1S/C17H23N5O/c1-12-16(22-9-4-3-6-14(18)10-22)20-11-21-17(12)23-15-7-5-8-19-13(15)2/h5,7-8,11,14H,3-4,6,9-10,18H2,1-2H3/t14-/m0/s1. The lowest BCUT2D eigenvalue weighted by molar-refractivity contribution is 0.451. The lowest BCUT2D eigenvalue weighted by atomic mass is 10.2. The highest BCUT2D eigenvalue weighted by Crippen LogP contribution is 2.30. The Balaban J connectivity index is 1.87. The number of ether oxygens (including phenoxy) is 1. The van der Waals surface area contributed by atoms with Crippen molar-refractivity contribution in [3.8, 4) is 11.6 Å². The Hall–Kier alpha value is -2.21. The molecule has 23 heavy (non-hydrogen) atoms. The zero-order valence-electron chi connectivity index (χ0n) is 13.7. The van der Waals surface area contributed by atoms with Gasteiger partial charge in [-0.3, -0.25) is 4.98 Å². The summed E-state index contributed by atoms with van der Waals surface area (Å²) in [6.07, 6.45) is 6.67. The monoisotopic (exact) mass is 313 g/mol. The van der Waals surface area contributed by atoms with E-state index in [0.717, 1.165) is 43.0 Å². The molecule has 0 unspecified atom stereocenters. The molecule has 3 rings (SSSR count). The Morgan fingerprint density at radius 1 is 1.22 bits per heavy atom. The van der Waals surface area contributed by atoms with Gasteiger partial charge in [0.2, 0.25) is 5.88 Å². The van der Waals surface area contributed by atoms with Gasteiger partial charge in [-0.05, 0) is 38.8 Å². The van der Waals surface area contributed by atoms with Crippen LogP contribution in [0.25, 0.3) is 0 Å². The SMILES string of the molecule is Cc1ncccc1Oc1ncnc(N2CCCC[C@H](N)C2)c1C. The van der Waals surface area contributed by atoms with E-state index in [9.17, 15) is 0 Å². The highest BCUT2D eigenvalue weighted by Gasteiger charge is 2.20. The van der Waals surface area contributed by atoms with Crippen LogP contribution in [0.1, 0.15) is 30.5 Å². The van der Waals surface area contributed by atoms with Crippen LogP contribution < -0.4 is 15.4 Å². The van der Waals surface area contributed by atoms with Gasteiger partial charge in [0.1, 0.15) is 12.1 Å². The molecule has 2 N–H and O–H groups in total. The van der Waals surface area contributed by atoms with Crippen molar-refractivity contribution in [2.75, 3.05) is 18.0 Å². The van der Waals surface area contributed by atoms with E-state index < -0.39 is 0 Å². The topological polar surface area (TPSA) is 77.2 Å². The molecule has 6 heteroatoms. The minimum Gasteiger partial charge on any atom is -0.437 e. The van der Waals surface area contributed by atoms with Crippen LogP contribution >= 0.6 is 0 Å². The van der Waals surface area contributed by atoms with Crippen molar-refractivity contribution in [2.24, 2.45) is 5.73 Å². The van der Waals surface area contributed by atoms with E-state index in [0.29, 0.717) is 11.6 Å². The maximum Gasteiger partial charge on any atom is 0.227 e. The molecule has 6 nitrogen and oxygen atoms in total. The average molecular weight is 313 g/mol. The van der Waals surface area contributed by atoms with Gasteiger partial charge in [0, 0.05) is 25.3 Å². The summed E-state index contributed by atoms with van der Waals surface area (Å²) in [5, 5.41) is 0. The highest BCUT2D eigenvalue weighted by molar-refractivity contribution is 5.51.